The van der Waals surface area contributed by atoms with Crippen LogP contribution >= 0.6 is 23.2 Å². The van der Waals surface area contributed by atoms with Gasteiger partial charge in [0.25, 0.3) is 0 Å². The largest absolute Gasteiger partial charge is 0.477 e. The van der Waals surface area contributed by atoms with Crippen LogP contribution in [0.1, 0.15) is 45.6 Å². The maximum atomic E-state index is 13.1. The number of carbonyl (C=O) groups excluding carboxylic acids is 1. The maximum Gasteiger partial charge on any atom is 0.231 e. The molecule has 3 aromatic carbocycles. The smallest absolute Gasteiger partial charge is 0.231 e. The standard InChI is InChI=1S/C26H21Cl2NO3/c1-15-25-19(13-29(14-31-25)16(2)18-6-4-3-5-7-18)12-20-24(30)23(32-26(15)20)11-17-8-9-21(27)22(28)10-17/h3-12,16H,13-14H2,1-2H3/b23-11-. The first-order valence-electron chi connectivity index (χ1n) is 10.4. The summed E-state index contributed by atoms with van der Waals surface area (Å²) in [4.78, 5) is 15.4. The zero-order valence-electron chi connectivity index (χ0n) is 17.7. The molecule has 3 aromatic rings. The molecule has 0 fully saturated rings. The first-order chi connectivity index (χ1) is 15.4. The van der Waals surface area contributed by atoms with Crippen LogP contribution in [0.25, 0.3) is 6.08 Å². The van der Waals surface area contributed by atoms with E-state index in [0.29, 0.717) is 34.6 Å². The minimum atomic E-state index is -0.148. The molecule has 0 aliphatic carbocycles. The number of rotatable bonds is 3. The highest BCUT2D eigenvalue weighted by atomic mass is 35.5. The second kappa shape index (κ2) is 8.28. The number of nitrogens with zero attached hydrogens (tertiary/aromatic N) is 1. The van der Waals surface area contributed by atoms with Crippen molar-refractivity contribution in [1.29, 1.82) is 0 Å². The molecule has 0 amide bonds. The fourth-order valence-electron chi connectivity index (χ4n) is 4.21. The summed E-state index contributed by atoms with van der Waals surface area (Å²) in [5.41, 5.74) is 4.37. The Labute approximate surface area is 197 Å². The van der Waals surface area contributed by atoms with E-state index >= 15 is 0 Å². The fourth-order valence-corrected chi connectivity index (χ4v) is 4.52. The molecule has 1 atom stereocenters. The molecule has 6 heteroatoms. The first-order valence-corrected chi connectivity index (χ1v) is 11.2. The van der Waals surface area contributed by atoms with Gasteiger partial charge in [-0.3, -0.25) is 9.69 Å². The van der Waals surface area contributed by atoms with Crippen LogP contribution in [-0.2, 0) is 6.54 Å². The molecule has 2 heterocycles. The van der Waals surface area contributed by atoms with Crippen molar-refractivity contribution in [3.8, 4) is 11.5 Å². The molecule has 5 rings (SSSR count). The number of Topliss-reactive ketones (excluding diaryl/α,β-unsaturated/α-hetero) is 1. The van der Waals surface area contributed by atoms with Crippen LogP contribution < -0.4 is 9.47 Å². The normalized spacial score (nSPS) is 17.5. The Morgan fingerprint density at radius 3 is 2.56 bits per heavy atom. The Bertz CT molecular complexity index is 1250. The van der Waals surface area contributed by atoms with Crippen molar-refractivity contribution in [2.45, 2.75) is 26.4 Å². The van der Waals surface area contributed by atoms with Crippen molar-refractivity contribution in [3.05, 3.63) is 98.2 Å². The summed E-state index contributed by atoms with van der Waals surface area (Å²) < 4.78 is 12.1. The lowest BCUT2D eigenvalue weighted by Crippen LogP contribution is -2.34. The molecule has 4 nitrogen and oxygen atoms in total. The van der Waals surface area contributed by atoms with E-state index in [2.05, 4.69) is 24.0 Å². The molecular formula is C26H21Cl2NO3. The molecule has 2 aliphatic heterocycles. The van der Waals surface area contributed by atoms with Crippen molar-refractivity contribution >= 4 is 35.1 Å². The highest BCUT2D eigenvalue weighted by Gasteiger charge is 2.34. The molecule has 2 aliphatic rings. The SMILES string of the molecule is Cc1c2c(cc3c1O/C(=C\c1ccc(Cl)c(Cl)c1)C3=O)CN(C(C)c1ccccc1)CO2. The lowest BCUT2D eigenvalue weighted by atomic mass is 9.99. The van der Waals surface area contributed by atoms with E-state index in [1.54, 1.807) is 24.3 Å². The molecule has 162 valence electrons. The average molecular weight is 466 g/mol. The van der Waals surface area contributed by atoms with Crippen molar-refractivity contribution in [2.75, 3.05) is 6.73 Å². The topological polar surface area (TPSA) is 38.8 Å². The molecular weight excluding hydrogens is 445 g/mol. The van der Waals surface area contributed by atoms with Gasteiger partial charge < -0.3 is 9.47 Å². The highest BCUT2D eigenvalue weighted by molar-refractivity contribution is 6.42. The quantitative estimate of drug-likeness (QED) is 0.397. The second-order valence-electron chi connectivity index (χ2n) is 8.09. The van der Waals surface area contributed by atoms with Gasteiger partial charge in [0.15, 0.2) is 5.76 Å². The van der Waals surface area contributed by atoms with Crippen LogP contribution in [0.15, 0.2) is 60.4 Å². The molecule has 0 bridgehead atoms. The van der Waals surface area contributed by atoms with E-state index in [4.69, 9.17) is 32.7 Å². The van der Waals surface area contributed by atoms with Crippen LogP contribution in [-0.4, -0.2) is 17.4 Å². The monoisotopic (exact) mass is 465 g/mol. The summed E-state index contributed by atoms with van der Waals surface area (Å²) in [6.07, 6.45) is 1.69. The Hall–Kier alpha value is -2.79. The number of ether oxygens (including phenoxy) is 2. The Morgan fingerprint density at radius 1 is 1.03 bits per heavy atom. The molecule has 0 saturated carbocycles. The van der Waals surface area contributed by atoms with Crippen molar-refractivity contribution in [3.63, 3.8) is 0 Å². The Balaban J connectivity index is 1.45. The predicted octanol–water partition coefficient (Wildman–Crippen LogP) is 6.83. The third kappa shape index (κ3) is 3.69. The van der Waals surface area contributed by atoms with Crippen molar-refractivity contribution in [1.82, 2.24) is 4.90 Å². The molecule has 32 heavy (non-hydrogen) atoms. The van der Waals surface area contributed by atoms with Crippen LogP contribution in [0.5, 0.6) is 11.5 Å². The van der Waals surface area contributed by atoms with Gasteiger partial charge in [-0.25, -0.2) is 0 Å². The molecule has 0 radical (unpaired) electrons. The Morgan fingerprint density at radius 2 is 1.81 bits per heavy atom. The van der Waals surface area contributed by atoms with E-state index in [9.17, 15) is 4.79 Å². The number of carbonyl (C=O) groups is 1. The second-order valence-corrected chi connectivity index (χ2v) is 8.90. The van der Waals surface area contributed by atoms with Gasteiger partial charge in [-0.2, -0.15) is 0 Å². The summed E-state index contributed by atoms with van der Waals surface area (Å²) >= 11 is 12.1. The number of fused-ring (bicyclic) bond motifs is 2. The van der Waals surface area contributed by atoms with Crippen LogP contribution in [0.3, 0.4) is 0 Å². The number of hydrogen-bond donors (Lipinski definition) is 0. The molecule has 0 aromatic heterocycles. The zero-order valence-corrected chi connectivity index (χ0v) is 19.2. The summed E-state index contributed by atoms with van der Waals surface area (Å²) in [5.74, 6) is 1.47. The molecule has 0 N–H and O–H groups in total. The summed E-state index contributed by atoms with van der Waals surface area (Å²) in [6, 6.07) is 17.6. The van der Waals surface area contributed by atoms with Crippen molar-refractivity contribution < 1.29 is 14.3 Å². The van der Waals surface area contributed by atoms with Crippen LogP contribution in [0.4, 0.5) is 0 Å². The van der Waals surface area contributed by atoms with Gasteiger partial charge >= 0.3 is 0 Å². The number of ketones is 1. The summed E-state index contributed by atoms with van der Waals surface area (Å²) in [5, 5.41) is 0.891. The molecule has 1 unspecified atom stereocenters. The highest BCUT2D eigenvalue weighted by Crippen LogP contribution is 2.44. The van der Waals surface area contributed by atoms with Crippen molar-refractivity contribution in [2.24, 2.45) is 0 Å². The number of halogens is 2. The van der Waals surface area contributed by atoms with E-state index in [-0.39, 0.29) is 17.6 Å². The molecule has 0 spiro atoms. The van der Waals surface area contributed by atoms with E-state index < -0.39 is 0 Å². The average Bonchev–Trinajstić information content (AvgIpc) is 3.11. The Kier molecular flexibility index (Phi) is 5.46. The van der Waals surface area contributed by atoms with Crippen LogP contribution in [0.2, 0.25) is 10.0 Å². The predicted molar refractivity (Wildman–Crippen MR) is 126 cm³/mol. The fraction of sp³-hybridized carbons (Fsp3) is 0.192. The number of benzene rings is 3. The summed E-state index contributed by atoms with van der Waals surface area (Å²) in [7, 11) is 0. The van der Waals surface area contributed by atoms with E-state index in [1.165, 1.54) is 5.56 Å². The van der Waals surface area contributed by atoms with E-state index in [1.807, 2.05) is 31.2 Å². The van der Waals surface area contributed by atoms with Gasteiger partial charge in [0.2, 0.25) is 5.78 Å². The van der Waals surface area contributed by atoms with Gasteiger partial charge in [0.05, 0.1) is 15.6 Å². The third-order valence-electron chi connectivity index (χ3n) is 6.04. The number of allylic oxidation sites excluding steroid dienone is 1. The third-order valence-corrected chi connectivity index (χ3v) is 6.77. The minimum Gasteiger partial charge on any atom is -0.477 e. The van der Waals surface area contributed by atoms with Gasteiger partial charge in [-0.15, -0.1) is 0 Å². The zero-order chi connectivity index (χ0) is 22.4. The lowest BCUT2D eigenvalue weighted by molar-refractivity contribution is 0.0609. The van der Waals surface area contributed by atoms with Crippen LogP contribution in [0, 0.1) is 6.92 Å². The van der Waals surface area contributed by atoms with Gasteiger partial charge in [-0.1, -0.05) is 59.6 Å². The summed E-state index contributed by atoms with van der Waals surface area (Å²) in [6.45, 7) is 5.26. The number of hydrogen-bond acceptors (Lipinski definition) is 4. The molecule has 0 saturated heterocycles. The van der Waals surface area contributed by atoms with Gasteiger partial charge in [0.1, 0.15) is 18.2 Å². The minimum absolute atomic E-state index is 0.148. The maximum absolute atomic E-state index is 13.1. The van der Waals surface area contributed by atoms with E-state index in [0.717, 1.165) is 22.4 Å². The lowest BCUT2D eigenvalue weighted by Gasteiger charge is -2.34. The van der Waals surface area contributed by atoms with Gasteiger partial charge in [-0.05, 0) is 49.2 Å². The van der Waals surface area contributed by atoms with Gasteiger partial charge in [0, 0.05) is 23.7 Å². The first kappa shape index (κ1) is 21.1.